The summed E-state index contributed by atoms with van der Waals surface area (Å²) in [5.41, 5.74) is 0. The summed E-state index contributed by atoms with van der Waals surface area (Å²) in [6.45, 7) is 0. The van der Waals surface area contributed by atoms with Crippen LogP contribution in [0.3, 0.4) is 0 Å². The van der Waals surface area contributed by atoms with E-state index in [2.05, 4.69) is 24.3 Å². The molecule has 0 amide bonds. The van der Waals surface area contributed by atoms with Crippen molar-refractivity contribution in [1.82, 2.24) is 0 Å². The highest BCUT2D eigenvalue weighted by Crippen LogP contribution is 2.33. The molecule has 0 atom stereocenters. The molecule has 5 heteroatoms. The van der Waals surface area contributed by atoms with E-state index in [-0.39, 0.29) is 16.6 Å². The van der Waals surface area contributed by atoms with Gasteiger partial charge in [0, 0.05) is 12.1 Å². The van der Waals surface area contributed by atoms with Crippen molar-refractivity contribution in [3.63, 3.8) is 0 Å². The van der Waals surface area contributed by atoms with Gasteiger partial charge in [-0.25, -0.2) is 13.2 Å². The maximum Gasteiger partial charge on any atom is 0.198 e. The van der Waals surface area contributed by atoms with Crippen LogP contribution in [0.1, 0.15) is 0 Å². The fourth-order valence-electron chi connectivity index (χ4n) is 2.91. The van der Waals surface area contributed by atoms with Crippen molar-refractivity contribution in [3.05, 3.63) is 115 Å². The van der Waals surface area contributed by atoms with Gasteiger partial charge in [0.15, 0.2) is 32.1 Å². The second-order valence-electron chi connectivity index (χ2n) is 6.20. The lowest BCUT2D eigenvalue weighted by molar-refractivity contribution is 0.401. The average molecular weight is 409 g/mol. The maximum atomic E-state index is 13.8. The molecule has 0 saturated carbocycles. The Bertz CT molecular complexity index is 1040. The van der Waals surface area contributed by atoms with Gasteiger partial charge in [-0.15, -0.1) is 0 Å². The van der Waals surface area contributed by atoms with E-state index >= 15 is 0 Å². The molecule has 4 aromatic carbocycles. The Labute approximate surface area is 169 Å². The predicted molar refractivity (Wildman–Crippen MR) is 108 cm³/mol. The Morgan fingerprint density at radius 1 is 0.552 bits per heavy atom. The molecule has 0 aliphatic rings. The van der Waals surface area contributed by atoms with Crippen LogP contribution in [0.2, 0.25) is 0 Å². The molecule has 1 nitrogen and oxygen atoms in total. The van der Waals surface area contributed by atoms with E-state index in [9.17, 15) is 13.2 Å². The minimum absolute atomic E-state index is 0.267. The van der Waals surface area contributed by atoms with Crippen LogP contribution in [0.15, 0.2) is 112 Å². The van der Waals surface area contributed by atoms with Gasteiger partial charge in [0.05, 0.1) is 10.9 Å². The number of ether oxygens (including phenoxy) is 1. The highest BCUT2D eigenvalue weighted by Gasteiger charge is 2.28. The van der Waals surface area contributed by atoms with Crippen LogP contribution < -0.4 is 4.74 Å². The van der Waals surface area contributed by atoms with Crippen LogP contribution >= 0.6 is 0 Å². The molecule has 4 aromatic rings. The summed E-state index contributed by atoms with van der Waals surface area (Å²) in [4.78, 5) is 3.35. The number of benzene rings is 4. The first kappa shape index (κ1) is 19.2. The maximum absolute atomic E-state index is 13.8. The molecular formula is C24H16F3OS+. The monoisotopic (exact) mass is 409 g/mol. The van der Waals surface area contributed by atoms with Crippen LogP contribution in [0.5, 0.6) is 11.5 Å². The molecule has 29 heavy (non-hydrogen) atoms. The standard InChI is InChI=1S/C24H16F3OS/c25-17-15-22(26)24(23(27)16-17)28-18-11-13-21(14-12-18)29(19-7-3-1-4-8-19)20-9-5-2-6-10-20/h1-16H/q+1. The van der Waals surface area contributed by atoms with Gasteiger partial charge in [-0.05, 0) is 48.5 Å². The van der Waals surface area contributed by atoms with Gasteiger partial charge in [-0.3, -0.25) is 0 Å². The summed E-state index contributed by atoms with van der Waals surface area (Å²) in [5, 5.41) is 0. The molecule has 144 valence electrons. The van der Waals surface area contributed by atoms with Crippen molar-refractivity contribution < 1.29 is 17.9 Å². The Hall–Kier alpha value is -3.18. The van der Waals surface area contributed by atoms with Crippen molar-refractivity contribution >= 4 is 10.9 Å². The zero-order valence-corrected chi connectivity index (χ0v) is 16.0. The van der Waals surface area contributed by atoms with Gasteiger partial charge >= 0.3 is 0 Å². The SMILES string of the molecule is Fc1cc(F)c(Oc2ccc([S+](c3ccccc3)c3ccccc3)cc2)c(F)c1. The van der Waals surface area contributed by atoms with Gasteiger partial charge < -0.3 is 4.74 Å². The molecule has 0 fully saturated rings. The van der Waals surface area contributed by atoms with Crippen molar-refractivity contribution in [3.8, 4) is 11.5 Å². The summed E-state index contributed by atoms with van der Waals surface area (Å²) in [6.07, 6.45) is 0. The van der Waals surface area contributed by atoms with E-state index in [0.717, 1.165) is 14.7 Å². The fourth-order valence-corrected chi connectivity index (χ4v) is 4.99. The molecule has 0 spiro atoms. The molecule has 0 heterocycles. The Balaban J connectivity index is 1.67. The van der Waals surface area contributed by atoms with Crippen molar-refractivity contribution in [1.29, 1.82) is 0 Å². The van der Waals surface area contributed by atoms with Crippen LogP contribution in [-0.4, -0.2) is 0 Å². The number of hydrogen-bond donors (Lipinski definition) is 0. The minimum Gasteiger partial charge on any atom is -0.451 e. The van der Waals surface area contributed by atoms with Gasteiger partial charge in [-0.1, -0.05) is 36.4 Å². The molecule has 0 N–H and O–H groups in total. The highest BCUT2D eigenvalue weighted by molar-refractivity contribution is 7.97. The third-order valence-corrected chi connectivity index (χ3v) is 6.43. The zero-order valence-electron chi connectivity index (χ0n) is 15.2. The molecule has 0 aliphatic carbocycles. The quantitative estimate of drug-likeness (QED) is 0.323. The second-order valence-corrected chi connectivity index (χ2v) is 8.23. The molecule has 0 aliphatic heterocycles. The average Bonchev–Trinajstić information content (AvgIpc) is 2.73. The molecule has 0 bridgehead atoms. The van der Waals surface area contributed by atoms with Crippen LogP contribution in [0.4, 0.5) is 13.2 Å². The summed E-state index contributed by atoms with van der Waals surface area (Å²) < 4.78 is 46.1. The first-order valence-electron chi connectivity index (χ1n) is 8.89. The molecule has 0 saturated heterocycles. The second kappa shape index (κ2) is 8.45. The van der Waals surface area contributed by atoms with Crippen LogP contribution in [-0.2, 0) is 10.9 Å². The lowest BCUT2D eigenvalue weighted by Crippen LogP contribution is -2.04. The largest absolute Gasteiger partial charge is 0.451 e. The third kappa shape index (κ3) is 4.30. The normalized spacial score (nSPS) is 10.9. The van der Waals surface area contributed by atoms with Crippen LogP contribution in [0.25, 0.3) is 0 Å². The first-order chi connectivity index (χ1) is 14.1. The Morgan fingerprint density at radius 2 is 1.00 bits per heavy atom. The smallest absolute Gasteiger partial charge is 0.198 e. The van der Waals surface area contributed by atoms with Gasteiger partial charge in [0.2, 0.25) is 0 Å². The number of halogens is 3. The van der Waals surface area contributed by atoms with Gasteiger partial charge in [0.1, 0.15) is 11.6 Å². The van der Waals surface area contributed by atoms with Gasteiger partial charge in [-0.2, -0.15) is 0 Å². The topological polar surface area (TPSA) is 9.23 Å². The summed E-state index contributed by atoms with van der Waals surface area (Å²) >= 11 is 0. The number of hydrogen-bond acceptors (Lipinski definition) is 1. The molecule has 4 rings (SSSR count). The molecular weight excluding hydrogens is 393 g/mol. The molecule has 0 aromatic heterocycles. The lowest BCUT2D eigenvalue weighted by Gasteiger charge is -2.10. The fraction of sp³-hybridized carbons (Fsp3) is 0. The zero-order chi connectivity index (χ0) is 20.2. The van der Waals surface area contributed by atoms with E-state index in [0.29, 0.717) is 12.1 Å². The Kier molecular flexibility index (Phi) is 5.58. The van der Waals surface area contributed by atoms with E-state index in [4.69, 9.17) is 4.74 Å². The van der Waals surface area contributed by atoms with Crippen molar-refractivity contribution in [2.24, 2.45) is 0 Å². The van der Waals surface area contributed by atoms with E-state index in [1.807, 2.05) is 48.5 Å². The predicted octanol–water partition coefficient (Wildman–Crippen LogP) is 6.99. The Morgan fingerprint density at radius 3 is 1.48 bits per heavy atom. The van der Waals surface area contributed by atoms with E-state index in [1.54, 1.807) is 12.1 Å². The van der Waals surface area contributed by atoms with Gasteiger partial charge in [0.25, 0.3) is 0 Å². The van der Waals surface area contributed by atoms with E-state index in [1.165, 1.54) is 0 Å². The summed E-state index contributed by atoms with van der Waals surface area (Å²) in [6, 6.07) is 28.5. The summed E-state index contributed by atoms with van der Waals surface area (Å²) in [7, 11) is -0.335. The van der Waals surface area contributed by atoms with E-state index < -0.39 is 23.2 Å². The highest BCUT2D eigenvalue weighted by atomic mass is 32.2. The molecule has 0 radical (unpaired) electrons. The summed E-state index contributed by atoms with van der Waals surface area (Å²) in [5.74, 6) is -3.51. The molecule has 0 unspecified atom stereocenters. The number of rotatable bonds is 5. The lowest BCUT2D eigenvalue weighted by atomic mass is 10.3. The van der Waals surface area contributed by atoms with Crippen molar-refractivity contribution in [2.45, 2.75) is 14.7 Å². The first-order valence-corrected chi connectivity index (χ1v) is 10.1. The minimum atomic E-state index is -1.08. The van der Waals surface area contributed by atoms with Crippen LogP contribution in [0, 0.1) is 17.5 Å². The van der Waals surface area contributed by atoms with Crippen molar-refractivity contribution in [2.75, 3.05) is 0 Å². The third-order valence-electron chi connectivity index (χ3n) is 4.20.